The van der Waals surface area contributed by atoms with Crippen LogP contribution in [-0.4, -0.2) is 75.4 Å². The SMILES string of the molecule is COCCCNC(=NCc1ccc([N+](=O)[O-])cc1)NCCN1CCOCC1.I. The highest BCUT2D eigenvalue weighted by Crippen LogP contribution is 2.12. The Bertz CT molecular complexity index is 594. The lowest BCUT2D eigenvalue weighted by Crippen LogP contribution is -2.44. The zero-order chi connectivity index (χ0) is 19.3. The lowest BCUT2D eigenvalue weighted by molar-refractivity contribution is -0.384. The number of hydrogen-bond acceptors (Lipinski definition) is 6. The Kier molecular flexibility index (Phi) is 12.7. The van der Waals surface area contributed by atoms with Gasteiger partial charge in [-0.05, 0) is 12.0 Å². The molecule has 0 atom stereocenters. The van der Waals surface area contributed by atoms with Gasteiger partial charge in [-0.2, -0.15) is 0 Å². The number of morpholine rings is 1. The van der Waals surface area contributed by atoms with Crippen molar-refractivity contribution in [2.75, 3.05) is 59.7 Å². The molecule has 0 bridgehead atoms. The maximum atomic E-state index is 10.7. The first-order chi connectivity index (χ1) is 13.2. The summed E-state index contributed by atoms with van der Waals surface area (Å²) < 4.78 is 10.4. The number of rotatable bonds is 10. The van der Waals surface area contributed by atoms with Gasteiger partial charge in [-0.1, -0.05) is 12.1 Å². The monoisotopic (exact) mass is 507 g/mol. The Labute approximate surface area is 183 Å². The van der Waals surface area contributed by atoms with Crippen LogP contribution in [0.2, 0.25) is 0 Å². The molecule has 0 unspecified atom stereocenters. The number of guanidine groups is 1. The molecule has 0 aromatic heterocycles. The normalized spacial score (nSPS) is 15.0. The van der Waals surface area contributed by atoms with E-state index in [2.05, 4.69) is 20.5 Å². The van der Waals surface area contributed by atoms with Crippen molar-refractivity contribution in [1.82, 2.24) is 15.5 Å². The molecule has 0 aliphatic carbocycles. The summed E-state index contributed by atoms with van der Waals surface area (Å²) in [5, 5.41) is 17.4. The van der Waals surface area contributed by atoms with Gasteiger partial charge in [0, 0.05) is 58.6 Å². The van der Waals surface area contributed by atoms with Gasteiger partial charge in [-0.25, -0.2) is 4.99 Å². The fourth-order valence-corrected chi connectivity index (χ4v) is 2.65. The molecule has 1 aliphatic heterocycles. The number of aliphatic imine (C=N–C) groups is 1. The van der Waals surface area contributed by atoms with Crippen LogP contribution in [0.25, 0.3) is 0 Å². The van der Waals surface area contributed by atoms with Crippen molar-refractivity contribution in [2.45, 2.75) is 13.0 Å². The molecule has 1 aliphatic rings. The molecular weight excluding hydrogens is 477 g/mol. The molecule has 1 heterocycles. The number of non-ortho nitro benzene ring substituents is 1. The number of halogens is 1. The molecule has 0 amide bonds. The summed E-state index contributed by atoms with van der Waals surface area (Å²) in [6.45, 7) is 7.11. The van der Waals surface area contributed by atoms with Gasteiger partial charge in [0.05, 0.1) is 24.7 Å². The standard InChI is InChI=1S/C18H29N5O4.HI/c1-26-12-2-7-19-18(20-8-9-22-10-13-27-14-11-22)21-15-16-3-5-17(6-4-16)23(24)25;/h3-6H,2,7-15H2,1H3,(H2,19,20,21);1H. The minimum atomic E-state index is -0.400. The number of nitro benzene ring substituents is 1. The van der Waals surface area contributed by atoms with Gasteiger partial charge in [-0.3, -0.25) is 15.0 Å². The predicted molar refractivity (Wildman–Crippen MR) is 119 cm³/mol. The second kappa shape index (κ2) is 14.5. The van der Waals surface area contributed by atoms with Crippen molar-refractivity contribution in [1.29, 1.82) is 0 Å². The van der Waals surface area contributed by atoms with E-state index in [1.807, 2.05) is 0 Å². The Morgan fingerprint density at radius 2 is 1.93 bits per heavy atom. The molecule has 1 fully saturated rings. The summed E-state index contributed by atoms with van der Waals surface area (Å²) >= 11 is 0. The van der Waals surface area contributed by atoms with Crippen LogP contribution in [0.15, 0.2) is 29.3 Å². The van der Waals surface area contributed by atoms with Gasteiger partial charge in [0.15, 0.2) is 5.96 Å². The van der Waals surface area contributed by atoms with Gasteiger partial charge in [-0.15, -0.1) is 24.0 Å². The molecule has 10 heteroatoms. The summed E-state index contributed by atoms with van der Waals surface area (Å²) in [4.78, 5) is 17.3. The molecule has 2 rings (SSSR count). The van der Waals surface area contributed by atoms with Crippen molar-refractivity contribution in [3.05, 3.63) is 39.9 Å². The fourth-order valence-electron chi connectivity index (χ4n) is 2.65. The molecule has 9 nitrogen and oxygen atoms in total. The molecule has 1 aromatic rings. The third-order valence-corrected chi connectivity index (χ3v) is 4.21. The van der Waals surface area contributed by atoms with Gasteiger partial charge < -0.3 is 20.1 Å². The third kappa shape index (κ3) is 9.62. The van der Waals surface area contributed by atoms with Gasteiger partial charge in [0.1, 0.15) is 0 Å². The summed E-state index contributed by atoms with van der Waals surface area (Å²) in [7, 11) is 1.68. The second-order valence-corrected chi connectivity index (χ2v) is 6.24. The zero-order valence-corrected chi connectivity index (χ0v) is 18.6. The lowest BCUT2D eigenvalue weighted by Gasteiger charge is -2.26. The van der Waals surface area contributed by atoms with E-state index in [-0.39, 0.29) is 29.7 Å². The molecule has 1 aromatic carbocycles. The topological polar surface area (TPSA) is 101 Å². The van der Waals surface area contributed by atoms with Crippen LogP contribution in [0.5, 0.6) is 0 Å². The van der Waals surface area contributed by atoms with E-state index in [1.165, 1.54) is 12.1 Å². The minimum absolute atomic E-state index is 0. The number of hydrogen-bond donors (Lipinski definition) is 2. The number of methoxy groups -OCH3 is 1. The molecule has 1 saturated heterocycles. The van der Waals surface area contributed by atoms with E-state index in [4.69, 9.17) is 9.47 Å². The van der Waals surface area contributed by atoms with Crippen LogP contribution >= 0.6 is 24.0 Å². The van der Waals surface area contributed by atoms with E-state index >= 15 is 0 Å². The summed E-state index contributed by atoms with van der Waals surface area (Å²) in [5.74, 6) is 0.734. The first-order valence-corrected chi connectivity index (χ1v) is 9.23. The fraction of sp³-hybridized carbons (Fsp3) is 0.611. The summed E-state index contributed by atoms with van der Waals surface area (Å²) in [6, 6.07) is 6.47. The largest absolute Gasteiger partial charge is 0.385 e. The Balaban J connectivity index is 0.00000392. The lowest BCUT2D eigenvalue weighted by atomic mass is 10.2. The average Bonchev–Trinajstić information content (AvgIpc) is 2.70. The highest BCUT2D eigenvalue weighted by Gasteiger charge is 2.10. The van der Waals surface area contributed by atoms with E-state index in [9.17, 15) is 10.1 Å². The van der Waals surface area contributed by atoms with E-state index in [1.54, 1.807) is 19.2 Å². The zero-order valence-electron chi connectivity index (χ0n) is 16.3. The summed E-state index contributed by atoms with van der Waals surface area (Å²) in [6.07, 6.45) is 0.887. The van der Waals surface area contributed by atoms with Crippen LogP contribution in [0, 0.1) is 10.1 Å². The van der Waals surface area contributed by atoms with Crippen molar-refractivity contribution in [3.63, 3.8) is 0 Å². The number of nitrogens with zero attached hydrogens (tertiary/aromatic N) is 3. The first-order valence-electron chi connectivity index (χ1n) is 9.23. The van der Waals surface area contributed by atoms with Crippen molar-refractivity contribution < 1.29 is 14.4 Å². The van der Waals surface area contributed by atoms with Crippen LogP contribution in [0.3, 0.4) is 0 Å². The smallest absolute Gasteiger partial charge is 0.269 e. The van der Waals surface area contributed by atoms with E-state index in [0.29, 0.717) is 13.2 Å². The Morgan fingerprint density at radius 1 is 1.25 bits per heavy atom. The van der Waals surface area contributed by atoms with Gasteiger partial charge in [0.25, 0.3) is 5.69 Å². The second-order valence-electron chi connectivity index (χ2n) is 6.24. The number of nitrogens with one attached hydrogen (secondary N) is 2. The number of nitro groups is 1. The molecule has 158 valence electrons. The van der Waals surface area contributed by atoms with Crippen molar-refractivity contribution in [3.8, 4) is 0 Å². The minimum Gasteiger partial charge on any atom is -0.385 e. The molecule has 2 N–H and O–H groups in total. The number of ether oxygens (including phenoxy) is 2. The first kappa shape index (κ1) is 24.5. The Hall–Kier alpha value is -1.50. The van der Waals surface area contributed by atoms with E-state index in [0.717, 1.165) is 63.9 Å². The van der Waals surface area contributed by atoms with Crippen LogP contribution in [0.1, 0.15) is 12.0 Å². The predicted octanol–water partition coefficient (Wildman–Crippen LogP) is 1.62. The highest BCUT2D eigenvalue weighted by molar-refractivity contribution is 14.0. The molecule has 0 saturated carbocycles. The quantitative estimate of drug-likeness (QED) is 0.124. The number of benzene rings is 1. The molecule has 0 radical (unpaired) electrons. The molecular formula is C18H30IN5O4. The maximum absolute atomic E-state index is 10.7. The third-order valence-electron chi connectivity index (χ3n) is 4.21. The van der Waals surface area contributed by atoms with Crippen LogP contribution < -0.4 is 10.6 Å². The van der Waals surface area contributed by atoms with Gasteiger partial charge >= 0.3 is 0 Å². The van der Waals surface area contributed by atoms with Crippen molar-refractivity contribution >= 4 is 35.6 Å². The average molecular weight is 507 g/mol. The maximum Gasteiger partial charge on any atom is 0.269 e. The Morgan fingerprint density at radius 3 is 2.57 bits per heavy atom. The van der Waals surface area contributed by atoms with Crippen molar-refractivity contribution in [2.24, 2.45) is 4.99 Å². The summed E-state index contributed by atoms with van der Waals surface area (Å²) in [5.41, 5.74) is 1.01. The van der Waals surface area contributed by atoms with Gasteiger partial charge in [0.2, 0.25) is 0 Å². The van der Waals surface area contributed by atoms with E-state index < -0.39 is 4.92 Å². The molecule has 28 heavy (non-hydrogen) atoms. The highest BCUT2D eigenvalue weighted by atomic mass is 127. The molecule has 0 spiro atoms. The van der Waals surface area contributed by atoms with Crippen LogP contribution in [0.4, 0.5) is 5.69 Å². The van der Waals surface area contributed by atoms with Crippen LogP contribution in [-0.2, 0) is 16.0 Å².